The van der Waals surface area contributed by atoms with E-state index in [1.807, 2.05) is 13.0 Å². The molecule has 0 aliphatic rings. The van der Waals surface area contributed by atoms with Gasteiger partial charge >= 0.3 is 5.97 Å². The summed E-state index contributed by atoms with van der Waals surface area (Å²) in [5, 5.41) is 12.2. The summed E-state index contributed by atoms with van der Waals surface area (Å²) in [6, 6.07) is 15.8. The van der Waals surface area contributed by atoms with E-state index in [1.165, 1.54) is 4.68 Å². The van der Waals surface area contributed by atoms with Crippen molar-refractivity contribution in [3.05, 3.63) is 93.5 Å². The highest BCUT2D eigenvalue weighted by atomic mass is 16.4. The van der Waals surface area contributed by atoms with Gasteiger partial charge in [0.05, 0.1) is 11.4 Å². The van der Waals surface area contributed by atoms with Crippen LogP contribution >= 0.6 is 0 Å². The van der Waals surface area contributed by atoms with E-state index in [0.717, 1.165) is 11.6 Å². The highest BCUT2D eigenvalue weighted by Gasteiger charge is 2.20. The number of carbonyl (C=O) groups excluding carboxylic acids is 1. The summed E-state index contributed by atoms with van der Waals surface area (Å²) in [5.74, 6) is -1.80. The van der Waals surface area contributed by atoms with E-state index in [-0.39, 0.29) is 11.4 Å². The molecular weight excluding hydrogens is 370 g/mol. The van der Waals surface area contributed by atoms with Crippen molar-refractivity contribution in [2.45, 2.75) is 13.8 Å². The normalized spacial score (nSPS) is 11.3. The van der Waals surface area contributed by atoms with Crippen molar-refractivity contribution >= 4 is 17.4 Å². The lowest BCUT2D eigenvalue weighted by atomic mass is 10.1. The molecule has 148 valence electrons. The monoisotopic (exact) mass is 391 g/mol. The lowest BCUT2D eigenvalue weighted by Crippen LogP contribution is -2.22. The Bertz CT molecular complexity index is 1150. The van der Waals surface area contributed by atoms with Crippen LogP contribution in [0.2, 0.25) is 0 Å². The fraction of sp³-hybridized carbons (Fsp3) is 0.136. The number of allylic oxidation sites excluding steroid dienone is 1. The number of aliphatic carboxylic acids is 1. The number of anilines is 1. The molecule has 0 unspecified atom stereocenters. The molecule has 0 atom stereocenters. The van der Waals surface area contributed by atoms with E-state index in [2.05, 4.69) is 5.32 Å². The molecule has 1 heterocycles. The second-order valence-corrected chi connectivity index (χ2v) is 6.65. The third kappa shape index (κ3) is 4.03. The minimum Gasteiger partial charge on any atom is -0.477 e. The van der Waals surface area contributed by atoms with Gasteiger partial charge in [0.25, 0.3) is 5.56 Å². The van der Waals surface area contributed by atoms with Gasteiger partial charge < -0.3 is 10.4 Å². The zero-order valence-electron chi connectivity index (χ0n) is 16.3. The predicted octanol–water partition coefficient (Wildman–Crippen LogP) is 3.06. The molecule has 2 aromatic carbocycles. The van der Waals surface area contributed by atoms with Crippen LogP contribution in [0.1, 0.15) is 21.6 Å². The average molecular weight is 391 g/mol. The van der Waals surface area contributed by atoms with Gasteiger partial charge in [-0.15, -0.1) is 0 Å². The largest absolute Gasteiger partial charge is 0.477 e. The Hall–Kier alpha value is -3.87. The number of carboxylic acids is 1. The van der Waals surface area contributed by atoms with Crippen LogP contribution in [0.5, 0.6) is 0 Å². The molecule has 0 fully saturated rings. The summed E-state index contributed by atoms with van der Waals surface area (Å²) >= 11 is 0. The molecule has 2 N–H and O–H groups in total. The summed E-state index contributed by atoms with van der Waals surface area (Å²) in [4.78, 5) is 37.1. The molecule has 3 rings (SSSR count). The van der Waals surface area contributed by atoms with Crippen LogP contribution in [0, 0.1) is 13.8 Å². The van der Waals surface area contributed by atoms with Gasteiger partial charge in [-0.25, -0.2) is 9.48 Å². The number of aryl methyl sites for hydroxylation is 1. The molecular formula is C22H21N3O4. The summed E-state index contributed by atoms with van der Waals surface area (Å²) in [6.45, 7) is 3.59. The SMILES string of the molecule is Cc1ccc(C(=O)/C=C(/Nc2c(C)n(C)n(-c3ccccc3)c2=O)C(=O)O)cc1. The van der Waals surface area contributed by atoms with Crippen molar-refractivity contribution in [1.29, 1.82) is 0 Å². The molecule has 0 saturated heterocycles. The van der Waals surface area contributed by atoms with Gasteiger partial charge in [-0.2, -0.15) is 0 Å². The zero-order valence-corrected chi connectivity index (χ0v) is 16.3. The number of rotatable bonds is 6. The average Bonchev–Trinajstić information content (AvgIpc) is 2.91. The van der Waals surface area contributed by atoms with E-state index in [0.29, 0.717) is 16.9 Å². The van der Waals surface area contributed by atoms with Gasteiger partial charge in [0.2, 0.25) is 0 Å². The third-order valence-corrected chi connectivity index (χ3v) is 4.66. The first-order valence-electron chi connectivity index (χ1n) is 8.96. The zero-order chi connectivity index (χ0) is 21.1. The third-order valence-electron chi connectivity index (χ3n) is 4.66. The van der Waals surface area contributed by atoms with Gasteiger partial charge in [-0.05, 0) is 26.0 Å². The molecule has 1 aromatic heterocycles. The van der Waals surface area contributed by atoms with Crippen molar-refractivity contribution < 1.29 is 14.7 Å². The molecule has 3 aromatic rings. The van der Waals surface area contributed by atoms with Crippen LogP contribution in [0.4, 0.5) is 5.69 Å². The first-order chi connectivity index (χ1) is 13.8. The number of carboxylic acid groups (broad SMARTS) is 1. The lowest BCUT2D eigenvalue weighted by molar-refractivity contribution is -0.132. The van der Waals surface area contributed by atoms with E-state index in [9.17, 15) is 19.5 Å². The Kier molecular flexibility index (Phi) is 5.50. The minimum absolute atomic E-state index is 0.0988. The summed E-state index contributed by atoms with van der Waals surface area (Å²) in [5.41, 5.74) is 1.85. The first kappa shape index (κ1) is 19.9. The van der Waals surface area contributed by atoms with Crippen molar-refractivity contribution in [2.24, 2.45) is 7.05 Å². The highest BCUT2D eigenvalue weighted by Crippen LogP contribution is 2.16. The predicted molar refractivity (Wildman–Crippen MR) is 111 cm³/mol. The molecule has 0 amide bonds. The van der Waals surface area contributed by atoms with Crippen LogP contribution in [0.3, 0.4) is 0 Å². The Morgan fingerprint density at radius 3 is 2.21 bits per heavy atom. The van der Waals surface area contributed by atoms with Gasteiger partial charge in [0, 0.05) is 18.7 Å². The van der Waals surface area contributed by atoms with E-state index in [4.69, 9.17) is 0 Å². The molecule has 0 spiro atoms. The molecule has 0 saturated carbocycles. The van der Waals surface area contributed by atoms with E-state index in [1.54, 1.807) is 67.2 Å². The molecule has 7 nitrogen and oxygen atoms in total. The number of nitrogens with one attached hydrogen (secondary N) is 1. The number of nitrogens with zero attached hydrogens (tertiary/aromatic N) is 2. The summed E-state index contributed by atoms with van der Waals surface area (Å²) in [7, 11) is 1.70. The lowest BCUT2D eigenvalue weighted by Gasteiger charge is -2.07. The highest BCUT2D eigenvalue weighted by molar-refractivity contribution is 6.09. The molecule has 0 radical (unpaired) electrons. The second kappa shape index (κ2) is 8.02. The second-order valence-electron chi connectivity index (χ2n) is 6.65. The summed E-state index contributed by atoms with van der Waals surface area (Å²) < 4.78 is 3.06. The van der Waals surface area contributed by atoms with E-state index >= 15 is 0 Å². The Balaban J connectivity index is 2.00. The van der Waals surface area contributed by atoms with Gasteiger partial charge in [-0.3, -0.25) is 14.3 Å². The fourth-order valence-corrected chi connectivity index (χ4v) is 2.93. The van der Waals surface area contributed by atoms with Crippen LogP contribution in [0.15, 0.2) is 71.2 Å². The van der Waals surface area contributed by atoms with Crippen molar-refractivity contribution in [3.63, 3.8) is 0 Å². The van der Waals surface area contributed by atoms with Crippen molar-refractivity contribution in [2.75, 3.05) is 5.32 Å². The van der Waals surface area contributed by atoms with Gasteiger partial charge in [0.15, 0.2) is 5.78 Å². The standard InChI is InChI=1S/C22H21N3O4/c1-14-9-11-16(12-10-14)19(26)13-18(22(28)29)23-20-15(2)24(3)25(21(20)27)17-7-5-4-6-8-17/h4-13,23H,1-3H3,(H,28,29)/b18-13+. The van der Waals surface area contributed by atoms with Crippen molar-refractivity contribution in [1.82, 2.24) is 9.36 Å². The maximum atomic E-state index is 12.9. The number of hydrogen-bond donors (Lipinski definition) is 2. The maximum Gasteiger partial charge on any atom is 0.352 e. The number of aromatic nitrogens is 2. The first-order valence-corrected chi connectivity index (χ1v) is 8.96. The number of carbonyl (C=O) groups is 2. The van der Waals surface area contributed by atoms with Crippen LogP contribution < -0.4 is 10.9 Å². The molecule has 0 bridgehead atoms. The summed E-state index contributed by atoms with van der Waals surface area (Å²) in [6.07, 6.45) is 0.992. The topological polar surface area (TPSA) is 93.3 Å². The number of benzene rings is 2. The Morgan fingerprint density at radius 2 is 1.62 bits per heavy atom. The molecule has 0 aliphatic heterocycles. The van der Waals surface area contributed by atoms with E-state index < -0.39 is 17.3 Å². The van der Waals surface area contributed by atoms with Crippen LogP contribution in [-0.4, -0.2) is 26.2 Å². The number of hydrogen-bond acceptors (Lipinski definition) is 4. The molecule has 0 aliphatic carbocycles. The molecule has 29 heavy (non-hydrogen) atoms. The van der Waals surface area contributed by atoms with Crippen molar-refractivity contribution in [3.8, 4) is 5.69 Å². The van der Waals surface area contributed by atoms with Crippen LogP contribution in [-0.2, 0) is 11.8 Å². The van der Waals surface area contributed by atoms with Gasteiger partial charge in [0.1, 0.15) is 11.4 Å². The minimum atomic E-state index is -1.33. The number of ketones is 1. The quantitative estimate of drug-likeness (QED) is 0.498. The van der Waals surface area contributed by atoms with Gasteiger partial charge in [-0.1, -0.05) is 48.0 Å². The maximum absolute atomic E-state index is 12.9. The fourth-order valence-electron chi connectivity index (χ4n) is 2.93. The Labute approximate surface area is 167 Å². The van der Waals surface area contributed by atoms with Crippen LogP contribution in [0.25, 0.3) is 5.69 Å². The smallest absolute Gasteiger partial charge is 0.352 e. The number of para-hydroxylation sites is 1. The molecule has 7 heteroatoms. The Morgan fingerprint density at radius 1 is 1.00 bits per heavy atom.